The Bertz CT molecular complexity index is 965. The van der Waals surface area contributed by atoms with Crippen LogP contribution in [0.5, 0.6) is 0 Å². The Balaban J connectivity index is 1.66. The molecule has 0 atom stereocenters. The van der Waals surface area contributed by atoms with E-state index >= 15 is 0 Å². The molecule has 0 saturated carbocycles. The van der Waals surface area contributed by atoms with Crippen LogP contribution < -0.4 is 5.32 Å². The molecule has 0 aliphatic carbocycles. The Hall–Kier alpha value is -2.75. The van der Waals surface area contributed by atoms with E-state index in [1.165, 1.54) is 28.6 Å². The van der Waals surface area contributed by atoms with Crippen LogP contribution in [0.15, 0.2) is 53.4 Å². The molecule has 2 aromatic carbocycles. The average Bonchev–Trinajstić information content (AvgIpc) is 2.75. The maximum absolute atomic E-state index is 12.6. The highest BCUT2D eigenvalue weighted by atomic mass is 32.2. The number of ether oxygens (including phenoxy) is 2. The smallest absolute Gasteiger partial charge is 0.338 e. The van der Waals surface area contributed by atoms with Gasteiger partial charge >= 0.3 is 5.97 Å². The van der Waals surface area contributed by atoms with E-state index in [1.54, 1.807) is 31.2 Å². The number of anilines is 1. The highest BCUT2D eigenvalue weighted by Gasteiger charge is 2.26. The summed E-state index contributed by atoms with van der Waals surface area (Å²) in [6.07, 6.45) is 0. The van der Waals surface area contributed by atoms with Crippen LogP contribution in [0.4, 0.5) is 5.69 Å². The lowest BCUT2D eigenvalue weighted by Gasteiger charge is -2.26. The van der Waals surface area contributed by atoms with Gasteiger partial charge in [-0.1, -0.05) is 0 Å². The van der Waals surface area contributed by atoms with Crippen LogP contribution in [0.1, 0.15) is 27.6 Å². The summed E-state index contributed by atoms with van der Waals surface area (Å²) in [6.45, 7) is 3.38. The topological polar surface area (TPSA) is 102 Å². The molecule has 0 bridgehead atoms. The predicted molar refractivity (Wildman–Crippen MR) is 106 cm³/mol. The zero-order valence-electron chi connectivity index (χ0n) is 16.0. The Kier molecular flexibility index (Phi) is 6.63. The Morgan fingerprint density at radius 2 is 1.59 bits per heavy atom. The van der Waals surface area contributed by atoms with Gasteiger partial charge in [-0.05, 0) is 55.5 Å². The molecule has 0 radical (unpaired) electrons. The third-order valence-electron chi connectivity index (χ3n) is 4.38. The zero-order chi connectivity index (χ0) is 20.9. The molecular weight excluding hydrogens is 396 g/mol. The van der Waals surface area contributed by atoms with E-state index in [0.29, 0.717) is 43.1 Å². The summed E-state index contributed by atoms with van der Waals surface area (Å²) in [7, 11) is -3.60. The van der Waals surface area contributed by atoms with E-state index in [2.05, 4.69) is 5.32 Å². The van der Waals surface area contributed by atoms with Crippen LogP contribution in [0, 0.1) is 0 Å². The highest BCUT2D eigenvalue weighted by molar-refractivity contribution is 7.89. The SMILES string of the molecule is CCOC(=O)c1ccc(NC(=O)c2ccc(S(=O)(=O)N3CCOCC3)cc2)cc1. The van der Waals surface area contributed by atoms with Crippen molar-refractivity contribution >= 4 is 27.6 Å². The molecule has 154 valence electrons. The fourth-order valence-electron chi connectivity index (χ4n) is 2.82. The molecule has 29 heavy (non-hydrogen) atoms. The van der Waals surface area contributed by atoms with Gasteiger partial charge in [0.25, 0.3) is 5.91 Å². The second kappa shape index (κ2) is 9.17. The fourth-order valence-corrected chi connectivity index (χ4v) is 4.23. The normalized spacial score (nSPS) is 14.9. The molecule has 0 aromatic heterocycles. The van der Waals surface area contributed by atoms with Gasteiger partial charge < -0.3 is 14.8 Å². The number of amides is 1. The van der Waals surface area contributed by atoms with Crippen LogP contribution in [-0.2, 0) is 19.5 Å². The highest BCUT2D eigenvalue weighted by Crippen LogP contribution is 2.18. The minimum absolute atomic E-state index is 0.134. The van der Waals surface area contributed by atoms with E-state index in [1.807, 2.05) is 0 Å². The summed E-state index contributed by atoms with van der Waals surface area (Å²) in [5.41, 5.74) is 1.22. The largest absolute Gasteiger partial charge is 0.462 e. The minimum atomic E-state index is -3.60. The first kappa shape index (κ1) is 21.0. The number of nitrogens with one attached hydrogen (secondary N) is 1. The summed E-state index contributed by atoms with van der Waals surface area (Å²) < 4.78 is 36.7. The monoisotopic (exact) mass is 418 g/mol. The van der Waals surface area contributed by atoms with E-state index < -0.39 is 16.0 Å². The summed E-state index contributed by atoms with van der Waals surface area (Å²) in [6, 6.07) is 12.1. The van der Waals surface area contributed by atoms with Crippen molar-refractivity contribution in [2.45, 2.75) is 11.8 Å². The van der Waals surface area contributed by atoms with Gasteiger partial charge in [-0.2, -0.15) is 4.31 Å². The number of carbonyl (C=O) groups is 2. The van der Waals surface area contributed by atoms with Crippen molar-refractivity contribution in [3.8, 4) is 0 Å². The number of nitrogens with zero attached hydrogens (tertiary/aromatic N) is 1. The van der Waals surface area contributed by atoms with E-state index in [0.717, 1.165) is 0 Å². The predicted octanol–water partition coefficient (Wildman–Crippen LogP) is 2.14. The molecule has 2 aromatic rings. The van der Waals surface area contributed by atoms with Gasteiger partial charge in [0, 0.05) is 24.3 Å². The van der Waals surface area contributed by atoms with Gasteiger partial charge in [0.1, 0.15) is 0 Å². The zero-order valence-corrected chi connectivity index (χ0v) is 16.8. The third-order valence-corrected chi connectivity index (χ3v) is 6.29. The van der Waals surface area contributed by atoms with Crippen molar-refractivity contribution in [3.05, 3.63) is 59.7 Å². The second-order valence-corrected chi connectivity index (χ2v) is 8.23. The third kappa shape index (κ3) is 5.00. The minimum Gasteiger partial charge on any atom is -0.462 e. The van der Waals surface area contributed by atoms with Crippen molar-refractivity contribution in [3.63, 3.8) is 0 Å². The van der Waals surface area contributed by atoms with Crippen LogP contribution in [-0.4, -0.2) is 57.5 Å². The van der Waals surface area contributed by atoms with E-state index in [4.69, 9.17) is 9.47 Å². The molecule has 0 spiro atoms. The fraction of sp³-hybridized carbons (Fsp3) is 0.300. The maximum atomic E-state index is 12.6. The molecule has 1 amide bonds. The van der Waals surface area contributed by atoms with Crippen molar-refractivity contribution < 1.29 is 27.5 Å². The number of hydrogen-bond donors (Lipinski definition) is 1. The number of rotatable bonds is 6. The van der Waals surface area contributed by atoms with E-state index in [9.17, 15) is 18.0 Å². The summed E-state index contributed by atoms with van der Waals surface area (Å²) in [5.74, 6) is -0.813. The Labute approximate surface area is 169 Å². The number of hydrogen-bond acceptors (Lipinski definition) is 6. The van der Waals surface area contributed by atoms with Gasteiger partial charge in [-0.3, -0.25) is 4.79 Å². The van der Waals surface area contributed by atoms with Gasteiger partial charge in [-0.25, -0.2) is 13.2 Å². The summed E-state index contributed by atoms with van der Waals surface area (Å²) in [5, 5.41) is 2.71. The van der Waals surface area contributed by atoms with Gasteiger partial charge in [-0.15, -0.1) is 0 Å². The number of benzene rings is 2. The molecule has 8 nitrogen and oxygen atoms in total. The number of sulfonamides is 1. The second-order valence-electron chi connectivity index (χ2n) is 6.29. The van der Waals surface area contributed by atoms with E-state index in [-0.39, 0.29) is 17.4 Å². The van der Waals surface area contributed by atoms with Crippen molar-refractivity contribution in [1.82, 2.24) is 4.31 Å². The molecule has 1 heterocycles. The Morgan fingerprint density at radius 1 is 1.00 bits per heavy atom. The van der Waals surface area contributed by atoms with Gasteiger partial charge in [0.15, 0.2) is 0 Å². The molecule has 1 N–H and O–H groups in total. The van der Waals surface area contributed by atoms with Gasteiger partial charge in [0.05, 0.1) is 30.3 Å². The first-order chi connectivity index (χ1) is 13.9. The molecule has 0 unspecified atom stereocenters. The maximum Gasteiger partial charge on any atom is 0.338 e. The summed E-state index contributed by atoms with van der Waals surface area (Å²) in [4.78, 5) is 24.2. The molecule has 9 heteroatoms. The molecule has 3 rings (SSSR count). The van der Waals surface area contributed by atoms with Crippen molar-refractivity contribution in [2.75, 3.05) is 38.2 Å². The van der Waals surface area contributed by atoms with Crippen LogP contribution in [0.2, 0.25) is 0 Å². The van der Waals surface area contributed by atoms with Crippen molar-refractivity contribution in [1.29, 1.82) is 0 Å². The van der Waals surface area contributed by atoms with Crippen LogP contribution in [0.3, 0.4) is 0 Å². The standard InChI is InChI=1S/C20H22N2O6S/c1-2-28-20(24)16-3-7-17(8-4-16)21-19(23)15-5-9-18(10-6-15)29(25,26)22-11-13-27-14-12-22/h3-10H,2,11-14H2,1H3,(H,21,23). The summed E-state index contributed by atoms with van der Waals surface area (Å²) >= 11 is 0. The van der Waals surface area contributed by atoms with Gasteiger partial charge in [0.2, 0.25) is 10.0 Å². The lowest BCUT2D eigenvalue weighted by Crippen LogP contribution is -2.40. The van der Waals surface area contributed by atoms with Crippen LogP contribution >= 0.6 is 0 Å². The average molecular weight is 418 g/mol. The van der Waals surface area contributed by atoms with Crippen molar-refractivity contribution in [2.24, 2.45) is 0 Å². The first-order valence-electron chi connectivity index (χ1n) is 9.18. The molecule has 1 saturated heterocycles. The van der Waals surface area contributed by atoms with Crippen LogP contribution in [0.25, 0.3) is 0 Å². The molecule has 1 aliphatic heterocycles. The lowest BCUT2D eigenvalue weighted by atomic mass is 10.2. The molecular formula is C20H22N2O6S. The Morgan fingerprint density at radius 3 is 2.17 bits per heavy atom. The lowest BCUT2D eigenvalue weighted by molar-refractivity contribution is 0.0526. The number of morpholine rings is 1. The first-order valence-corrected chi connectivity index (χ1v) is 10.6. The molecule has 1 aliphatic rings. The number of esters is 1. The number of carbonyl (C=O) groups excluding carboxylic acids is 2. The molecule has 1 fully saturated rings. The quantitative estimate of drug-likeness (QED) is 0.721.